The predicted octanol–water partition coefficient (Wildman–Crippen LogP) is 1.23. The van der Waals surface area contributed by atoms with Crippen molar-refractivity contribution >= 4 is 11.9 Å². The van der Waals surface area contributed by atoms with Gasteiger partial charge in [-0.2, -0.15) is 0 Å². The fourth-order valence-electron chi connectivity index (χ4n) is 3.03. The Morgan fingerprint density at radius 2 is 1.65 bits per heavy atom. The van der Waals surface area contributed by atoms with Gasteiger partial charge in [0.05, 0.1) is 6.61 Å². The maximum Gasteiger partial charge on any atom is 0.318 e. The van der Waals surface area contributed by atoms with Gasteiger partial charge in [-0.1, -0.05) is 27.7 Å². The van der Waals surface area contributed by atoms with E-state index in [9.17, 15) is 14.7 Å². The minimum Gasteiger partial charge on any atom is -0.395 e. The standard InChI is InChI=1S/C19H38N4O3/c1-15(2)6-7-23(12-13-24)19(26)20-17(14-16(3)4)18(25)22-10-8-21(5)9-11-22/h15-17,24H,6-14H2,1-5H3,(H,20,26)/t17-/m0/s1. The zero-order valence-electron chi connectivity index (χ0n) is 17.2. The highest BCUT2D eigenvalue weighted by molar-refractivity contribution is 5.87. The second-order valence-corrected chi connectivity index (χ2v) is 8.15. The third-order valence-corrected chi connectivity index (χ3v) is 4.75. The molecular weight excluding hydrogens is 332 g/mol. The number of carbonyl (C=O) groups is 2. The smallest absolute Gasteiger partial charge is 0.318 e. The summed E-state index contributed by atoms with van der Waals surface area (Å²) in [6, 6.07) is -0.765. The highest BCUT2D eigenvalue weighted by atomic mass is 16.3. The topological polar surface area (TPSA) is 76.1 Å². The molecule has 0 unspecified atom stereocenters. The van der Waals surface area contributed by atoms with Crippen LogP contribution < -0.4 is 5.32 Å². The second kappa shape index (κ2) is 11.4. The normalized spacial score (nSPS) is 16.8. The number of carbonyl (C=O) groups excluding carboxylic acids is 2. The van der Waals surface area contributed by atoms with Crippen LogP contribution in [0, 0.1) is 11.8 Å². The lowest BCUT2D eigenvalue weighted by atomic mass is 10.0. The molecule has 0 saturated carbocycles. The van der Waals surface area contributed by atoms with Crippen LogP contribution in [0.25, 0.3) is 0 Å². The van der Waals surface area contributed by atoms with E-state index in [4.69, 9.17) is 0 Å². The van der Waals surface area contributed by atoms with Crippen LogP contribution in [0.15, 0.2) is 0 Å². The molecule has 3 amide bonds. The first kappa shape index (κ1) is 22.7. The molecule has 0 bridgehead atoms. The van der Waals surface area contributed by atoms with Crippen molar-refractivity contribution in [2.75, 3.05) is 52.9 Å². The van der Waals surface area contributed by atoms with Gasteiger partial charge in [0.2, 0.25) is 5.91 Å². The van der Waals surface area contributed by atoms with Gasteiger partial charge in [0.25, 0.3) is 0 Å². The van der Waals surface area contributed by atoms with E-state index in [0.717, 1.165) is 19.5 Å². The summed E-state index contributed by atoms with van der Waals surface area (Å²) in [4.78, 5) is 31.3. The first-order chi connectivity index (χ1) is 12.2. The Morgan fingerprint density at radius 3 is 2.15 bits per heavy atom. The van der Waals surface area contributed by atoms with Gasteiger partial charge in [0, 0.05) is 39.3 Å². The van der Waals surface area contributed by atoms with Crippen LogP contribution in [0.2, 0.25) is 0 Å². The maximum absolute atomic E-state index is 12.9. The van der Waals surface area contributed by atoms with E-state index in [1.54, 1.807) is 4.90 Å². The molecule has 1 atom stereocenters. The number of nitrogens with zero attached hydrogens (tertiary/aromatic N) is 3. The van der Waals surface area contributed by atoms with Crippen molar-refractivity contribution < 1.29 is 14.7 Å². The van der Waals surface area contributed by atoms with Crippen molar-refractivity contribution in [3.8, 4) is 0 Å². The Balaban J connectivity index is 2.74. The first-order valence-corrected chi connectivity index (χ1v) is 9.88. The van der Waals surface area contributed by atoms with E-state index < -0.39 is 6.04 Å². The molecule has 0 spiro atoms. The Morgan fingerprint density at radius 1 is 1.04 bits per heavy atom. The summed E-state index contributed by atoms with van der Waals surface area (Å²) in [6.07, 6.45) is 1.49. The summed E-state index contributed by atoms with van der Waals surface area (Å²) in [5.41, 5.74) is 0. The number of aliphatic hydroxyl groups excluding tert-OH is 1. The van der Waals surface area contributed by atoms with Crippen LogP contribution in [0.4, 0.5) is 4.79 Å². The molecule has 1 fully saturated rings. The molecule has 1 heterocycles. The number of hydrogen-bond donors (Lipinski definition) is 2. The van der Waals surface area contributed by atoms with E-state index in [2.05, 4.69) is 45.0 Å². The number of likely N-dealkylation sites (N-methyl/N-ethyl adjacent to an activating group) is 1. The Labute approximate surface area is 158 Å². The fraction of sp³-hybridized carbons (Fsp3) is 0.895. The van der Waals surface area contributed by atoms with Crippen molar-refractivity contribution in [1.29, 1.82) is 0 Å². The monoisotopic (exact) mass is 370 g/mol. The molecule has 1 saturated heterocycles. The molecule has 0 aliphatic carbocycles. The minimum absolute atomic E-state index is 0.00737. The molecule has 0 aromatic carbocycles. The average Bonchev–Trinajstić information content (AvgIpc) is 2.57. The third kappa shape index (κ3) is 7.91. The van der Waals surface area contributed by atoms with Gasteiger partial charge in [0.15, 0.2) is 0 Å². The second-order valence-electron chi connectivity index (χ2n) is 8.15. The average molecular weight is 371 g/mol. The highest BCUT2D eigenvalue weighted by Gasteiger charge is 2.29. The number of aliphatic hydroxyl groups is 1. The Kier molecular flexibility index (Phi) is 9.94. The summed E-state index contributed by atoms with van der Waals surface area (Å²) in [7, 11) is 2.05. The zero-order chi connectivity index (χ0) is 19.7. The lowest BCUT2D eigenvalue weighted by Gasteiger charge is -2.35. The molecule has 1 rings (SSSR count). The molecule has 0 radical (unpaired) electrons. The van der Waals surface area contributed by atoms with Gasteiger partial charge in [-0.25, -0.2) is 4.79 Å². The number of nitrogens with one attached hydrogen (secondary N) is 1. The number of amides is 3. The molecule has 7 heteroatoms. The Bertz CT molecular complexity index is 435. The molecule has 0 aromatic rings. The summed E-state index contributed by atoms with van der Waals surface area (Å²) in [6.45, 7) is 12.2. The molecule has 1 aliphatic heterocycles. The molecule has 26 heavy (non-hydrogen) atoms. The van der Waals surface area contributed by atoms with Gasteiger partial charge >= 0.3 is 6.03 Å². The van der Waals surface area contributed by atoms with Crippen LogP contribution >= 0.6 is 0 Å². The molecule has 2 N–H and O–H groups in total. The van der Waals surface area contributed by atoms with Crippen molar-refractivity contribution in [1.82, 2.24) is 20.0 Å². The van der Waals surface area contributed by atoms with E-state index in [1.807, 2.05) is 4.90 Å². The number of urea groups is 1. The van der Waals surface area contributed by atoms with Gasteiger partial charge < -0.3 is 25.1 Å². The first-order valence-electron chi connectivity index (χ1n) is 9.88. The molecular formula is C19H38N4O3. The van der Waals surface area contributed by atoms with Crippen LogP contribution in [0.3, 0.4) is 0 Å². The van der Waals surface area contributed by atoms with Crippen LogP contribution in [0.1, 0.15) is 40.5 Å². The zero-order valence-corrected chi connectivity index (χ0v) is 17.2. The van der Waals surface area contributed by atoms with E-state index in [0.29, 0.717) is 37.9 Å². The van der Waals surface area contributed by atoms with Gasteiger partial charge in [-0.15, -0.1) is 0 Å². The third-order valence-electron chi connectivity index (χ3n) is 4.75. The Hall–Kier alpha value is -1.34. The van der Waals surface area contributed by atoms with E-state index in [1.165, 1.54) is 0 Å². The predicted molar refractivity (Wildman–Crippen MR) is 104 cm³/mol. The van der Waals surface area contributed by atoms with Crippen molar-refractivity contribution in [2.24, 2.45) is 11.8 Å². The summed E-state index contributed by atoms with van der Waals surface area (Å²) in [5.74, 6) is 0.786. The molecule has 152 valence electrons. The highest BCUT2D eigenvalue weighted by Crippen LogP contribution is 2.11. The number of hydrogen-bond acceptors (Lipinski definition) is 4. The number of rotatable bonds is 9. The fourth-order valence-corrected chi connectivity index (χ4v) is 3.03. The van der Waals surface area contributed by atoms with Gasteiger partial charge in [-0.3, -0.25) is 4.79 Å². The largest absolute Gasteiger partial charge is 0.395 e. The van der Waals surface area contributed by atoms with Gasteiger partial charge in [0.1, 0.15) is 6.04 Å². The summed E-state index contributed by atoms with van der Waals surface area (Å²) < 4.78 is 0. The van der Waals surface area contributed by atoms with Crippen LogP contribution in [-0.2, 0) is 4.79 Å². The SMILES string of the molecule is CC(C)CCN(CCO)C(=O)N[C@@H](CC(C)C)C(=O)N1CCN(C)CC1. The number of piperazine rings is 1. The summed E-state index contributed by atoms with van der Waals surface area (Å²) in [5, 5.41) is 12.2. The van der Waals surface area contributed by atoms with Gasteiger partial charge in [-0.05, 0) is 31.7 Å². The van der Waals surface area contributed by atoms with E-state index in [-0.39, 0.29) is 25.1 Å². The van der Waals surface area contributed by atoms with Crippen LogP contribution in [-0.4, -0.2) is 90.7 Å². The molecule has 1 aliphatic rings. The lowest BCUT2D eigenvalue weighted by Crippen LogP contribution is -2.56. The quantitative estimate of drug-likeness (QED) is 0.640. The van der Waals surface area contributed by atoms with E-state index >= 15 is 0 Å². The maximum atomic E-state index is 12.9. The van der Waals surface area contributed by atoms with Crippen molar-refractivity contribution in [3.05, 3.63) is 0 Å². The summed E-state index contributed by atoms with van der Waals surface area (Å²) >= 11 is 0. The minimum atomic E-state index is -0.508. The van der Waals surface area contributed by atoms with Crippen molar-refractivity contribution in [3.63, 3.8) is 0 Å². The van der Waals surface area contributed by atoms with Crippen molar-refractivity contribution in [2.45, 2.75) is 46.6 Å². The molecule has 7 nitrogen and oxygen atoms in total. The lowest BCUT2D eigenvalue weighted by molar-refractivity contribution is -0.135. The molecule has 0 aromatic heterocycles. The van der Waals surface area contributed by atoms with Crippen LogP contribution in [0.5, 0.6) is 0 Å².